The van der Waals surface area contributed by atoms with Crippen LogP contribution in [0.25, 0.3) is 0 Å². The molecule has 7 heteroatoms. The Bertz CT molecular complexity index is 635. The fourth-order valence-corrected chi connectivity index (χ4v) is 3.55. The highest BCUT2D eigenvalue weighted by Gasteiger charge is 2.27. The predicted octanol–water partition coefficient (Wildman–Crippen LogP) is 1.52. The lowest BCUT2D eigenvalue weighted by atomic mass is 9.98. The summed E-state index contributed by atoms with van der Waals surface area (Å²) in [6.45, 7) is 3.39. The first-order valence-electron chi connectivity index (χ1n) is 7.22. The number of hydrogen-bond donors (Lipinski definition) is 0. The van der Waals surface area contributed by atoms with Crippen LogP contribution >= 0.6 is 11.3 Å². The van der Waals surface area contributed by atoms with E-state index in [2.05, 4.69) is 22.1 Å². The van der Waals surface area contributed by atoms with Gasteiger partial charge in [-0.25, -0.2) is 4.98 Å². The zero-order valence-corrected chi connectivity index (χ0v) is 13.1. The fourth-order valence-electron chi connectivity index (χ4n) is 2.64. The number of hydrogen-bond acceptors (Lipinski definition) is 5. The summed E-state index contributed by atoms with van der Waals surface area (Å²) in [7, 11) is 1.86. The Hall–Kier alpha value is -1.76. The minimum Gasteiger partial charge on any atom is -0.339 e. The summed E-state index contributed by atoms with van der Waals surface area (Å²) in [6.07, 6.45) is 6.28. The van der Waals surface area contributed by atoms with E-state index in [1.165, 1.54) is 4.88 Å². The van der Waals surface area contributed by atoms with Crippen molar-refractivity contribution >= 4 is 17.2 Å². The molecule has 0 bridgehead atoms. The van der Waals surface area contributed by atoms with Crippen molar-refractivity contribution in [2.45, 2.75) is 39.3 Å². The summed E-state index contributed by atoms with van der Waals surface area (Å²) >= 11 is 1.69. The van der Waals surface area contributed by atoms with Crippen LogP contribution in [-0.4, -0.2) is 37.6 Å². The molecule has 0 N–H and O–H groups in total. The summed E-state index contributed by atoms with van der Waals surface area (Å²) in [4.78, 5) is 20.0. The molecule has 1 amide bonds. The molecule has 21 heavy (non-hydrogen) atoms. The van der Waals surface area contributed by atoms with Gasteiger partial charge in [0.2, 0.25) is 5.91 Å². The molecule has 0 radical (unpaired) electrons. The van der Waals surface area contributed by atoms with Crippen LogP contribution in [0.1, 0.15) is 29.1 Å². The van der Waals surface area contributed by atoms with E-state index in [1.54, 1.807) is 22.6 Å². The van der Waals surface area contributed by atoms with E-state index < -0.39 is 0 Å². The van der Waals surface area contributed by atoms with Crippen molar-refractivity contribution in [3.05, 3.63) is 28.2 Å². The summed E-state index contributed by atoms with van der Waals surface area (Å²) in [5, 5.41) is 8.96. The third kappa shape index (κ3) is 2.97. The van der Waals surface area contributed by atoms with Gasteiger partial charge in [0.25, 0.3) is 0 Å². The lowest BCUT2D eigenvalue weighted by Crippen LogP contribution is -2.37. The standard InChI is InChI=1S/C14H19N5OS/c1-3-11-6-15-13(21-11)8-18(2)14(20)10-4-5-12-17-16-9-19(12)7-10/h6,9-10H,3-5,7-8H2,1-2H3/t10-/m0/s1. The summed E-state index contributed by atoms with van der Waals surface area (Å²) < 4.78 is 1.98. The first kappa shape index (κ1) is 14.2. The predicted molar refractivity (Wildman–Crippen MR) is 79.8 cm³/mol. The number of aromatic nitrogens is 4. The Morgan fingerprint density at radius 2 is 2.43 bits per heavy atom. The summed E-state index contributed by atoms with van der Waals surface area (Å²) in [5.74, 6) is 1.18. The normalized spacial score (nSPS) is 17.5. The number of aryl methyl sites for hydroxylation is 2. The molecule has 0 saturated carbocycles. The van der Waals surface area contributed by atoms with Gasteiger partial charge >= 0.3 is 0 Å². The molecule has 1 aliphatic rings. The van der Waals surface area contributed by atoms with Gasteiger partial charge in [-0.1, -0.05) is 6.92 Å². The highest BCUT2D eigenvalue weighted by atomic mass is 32.1. The first-order chi connectivity index (χ1) is 10.2. The Balaban J connectivity index is 1.62. The van der Waals surface area contributed by atoms with Gasteiger partial charge in [0, 0.05) is 31.1 Å². The van der Waals surface area contributed by atoms with Gasteiger partial charge in [-0.15, -0.1) is 21.5 Å². The molecule has 2 aromatic heterocycles. The Labute approximate surface area is 127 Å². The minimum atomic E-state index is 0.0177. The van der Waals surface area contributed by atoms with Crippen LogP contribution in [0, 0.1) is 5.92 Å². The van der Waals surface area contributed by atoms with Crippen molar-refractivity contribution in [3.63, 3.8) is 0 Å². The molecule has 0 aromatic carbocycles. The average molecular weight is 305 g/mol. The third-order valence-corrected chi connectivity index (χ3v) is 5.00. The number of amides is 1. The van der Waals surface area contributed by atoms with Gasteiger partial charge in [0.05, 0.1) is 12.5 Å². The third-order valence-electron chi connectivity index (χ3n) is 3.88. The van der Waals surface area contributed by atoms with Crippen molar-refractivity contribution in [2.24, 2.45) is 5.92 Å². The van der Waals surface area contributed by atoms with Crippen molar-refractivity contribution in [1.82, 2.24) is 24.6 Å². The van der Waals surface area contributed by atoms with Crippen molar-refractivity contribution in [1.29, 1.82) is 0 Å². The maximum atomic E-state index is 12.6. The van der Waals surface area contributed by atoms with Gasteiger partial charge < -0.3 is 9.47 Å². The highest BCUT2D eigenvalue weighted by Crippen LogP contribution is 2.21. The molecule has 1 aliphatic heterocycles. The number of carbonyl (C=O) groups is 1. The van der Waals surface area contributed by atoms with Gasteiger partial charge in [0.15, 0.2) is 0 Å². The van der Waals surface area contributed by atoms with Crippen LogP contribution < -0.4 is 0 Å². The Morgan fingerprint density at radius 1 is 1.57 bits per heavy atom. The molecule has 0 spiro atoms. The maximum Gasteiger partial charge on any atom is 0.227 e. The number of rotatable bonds is 4. The zero-order valence-electron chi connectivity index (χ0n) is 12.3. The molecule has 6 nitrogen and oxygen atoms in total. The van der Waals surface area contributed by atoms with E-state index in [0.717, 1.165) is 30.1 Å². The van der Waals surface area contributed by atoms with E-state index in [0.29, 0.717) is 13.1 Å². The van der Waals surface area contributed by atoms with E-state index in [4.69, 9.17) is 0 Å². The Kier molecular flexibility index (Phi) is 4.01. The lowest BCUT2D eigenvalue weighted by molar-refractivity contribution is -0.135. The molecule has 1 atom stereocenters. The molecule has 112 valence electrons. The quantitative estimate of drug-likeness (QED) is 0.859. The molecule has 0 aliphatic carbocycles. The average Bonchev–Trinajstić information content (AvgIpc) is 3.13. The molecule has 3 rings (SSSR count). The Morgan fingerprint density at radius 3 is 3.19 bits per heavy atom. The first-order valence-corrected chi connectivity index (χ1v) is 8.04. The van der Waals surface area contributed by atoms with Crippen molar-refractivity contribution in [3.8, 4) is 0 Å². The second-order valence-corrected chi connectivity index (χ2v) is 6.60. The monoisotopic (exact) mass is 305 g/mol. The van der Waals surface area contributed by atoms with Gasteiger partial charge in [0.1, 0.15) is 17.2 Å². The van der Waals surface area contributed by atoms with E-state index in [9.17, 15) is 4.79 Å². The zero-order chi connectivity index (χ0) is 14.8. The van der Waals surface area contributed by atoms with Gasteiger partial charge in [-0.05, 0) is 12.8 Å². The van der Waals surface area contributed by atoms with Crippen LogP contribution in [0.2, 0.25) is 0 Å². The minimum absolute atomic E-state index is 0.0177. The van der Waals surface area contributed by atoms with Crippen LogP contribution in [0.5, 0.6) is 0 Å². The molecule has 3 heterocycles. The van der Waals surface area contributed by atoms with Crippen molar-refractivity contribution < 1.29 is 4.79 Å². The lowest BCUT2D eigenvalue weighted by Gasteiger charge is -2.26. The smallest absolute Gasteiger partial charge is 0.227 e. The summed E-state index contributed by atoms with van der Waals surface area (Å²) in [6, 6.07) is 0. The maximum absolute atomic E-state index is 12.6. The van der Waals surface area contributed by atoms with Gasteiger partial charge in [-0.3, -0.25) is 4.79 Å². The second kappa shape index (κ2) is 5.93. The van der Waals surface area contributed by atoms with Crippen LogP contribution in [0.3, 0.4) is 0 Å². The molecular weight excluding hydrogens is 286 g/mol. The van der Waals surface area contributed by atoms with Gasteiger partial charge in [-0.2, -0.15) is 0 Å². The SMILES string of the molecule is CCc1cnc(CN(C)C(=O)[C@H]2CCc3nncn3C2)s1. The number of carbonyl (C=O) groups excluding carboxylic acids is 1. The highest BCUT2D eigenvalue weighted by molar-refractivity contribution is 7.11. The van der Waals surface area contributed by atoms with Crippen LogP contribution in [0.15, 0.2) is 12.5 Å². The van der Waals surface area contributed by atoms with Crippen LogP contribution in [-0.2, 0) is 30.7 Å². The van der Waals surface area contributed by atoms with E-state index in [-0.39, 0.29) is 11.8 Å². The number of fused-ring (bicyclic) bond motifs is 1. The fraction of sp³-hybridized carbons (Fsp3) is 0.571. The van der Waals surface area contributed by atoms with E-state index >= 15 is 0 Å². The number of nitrogens with zero attached hydrogens (tertiary/aromatic N) is 5. The molecule has 0 unspecified atom stereocenters. The summed E-state index contributed by atoms with van der Waals surface area (Å²) in [5.41, 5.74) is 0. The molecular formula is C14H19N5OS. The largest absolute Gasteiger partial charge is 0.339 e. The van der Waals surface area contributed by atoms with Crippen LogP contribution in [0.4, 0.5) is 0 Å². The number of thiazole rings is 1. The second-order valence-electron chi connectivity index (χ2n) is 5.40. The van der Waals surface area contributed by atoms with E-state index in [1.807, 2.05) is 17.8 Å². The topological polar surface area (TPSA) is 63.9 Å². The molecule has 2 aromatic rings. The van der Waals surface area contributed by atoms with Crippen molar-refractivity contribution in [2.75, 3.05) is 7.05 Å². The molecule has 0 fully saturated rings. The molecule has 0 saturated heterocycles.